The molecule has 1 N–H and O–H groups in total. The van der Waals surface area contributed by atoms with Gasteiger partial charge in [-0.2, -0.15) is 0 Å². The highest BCUT2D eigenvalue weighted by atomic mass is 19.4. The minimum Gasteiger partial charge on any atom is -0.355 e. The number of alkyl halides is 3. The molecule has 0 saturated carbocycles. The zero-order valence-electron chi connectivity index (χ0n) is 7.73. The fraction of sp³-hybridized carbons (Fsp3) is 0.375. The lowest BCUT2D eigenvalue weighted by Crippen LogP contribution is -2.33. The Balaban J connectivity index is 2.52. The van der Waals surface area contributed by atoms with E-state index in [4.69, 9.17) is 0 Å². The van der Waals surface area contributed by atoms with Crippen molar-refractivity contribution in [1.29, 1.82) is 0 Å². The third kappa shape index (κ3) is 1.48. The van der Waals surface area contributed by atoms with Crippen LogP contribution in [-0.4, -0.2) is 29.3 Å². The van der Waals surface area contributed by atoms with Crippen LogP contribution in [0.25, 0.3) is 0 Å². The summed E-state index contributed by atoms with van der Waals surface area (Å²) in [5.74, 6) is 0. The Morgan fingerprint density at radius 2 is 2.13 bits per heavy atom. The molecular weight excluding hydrogens is 211 g/mol. The number of hydrogen-bond acceptors (Lipinski definition) is 3. The van der Waals surface area contributed by atoms with Gasteiger partial charge in [0, 0.05) is 13.2 Å². The van der Waals surface area contributed by atoms with Gasteiger partial charge in [0.1, 0.15) is 0 Å². The van der Waals surface area contributed by atoms with Crippen molar-refractivity contribution in [3.05, 3.63) is 18.0 Å². The van der Waals surface area contributed by atoms with Crippen molar-refractivity contribution in [1.82, 2.24) is 4.57 Å². The topological polar surface area (TPSA) is 40.8 Å². The molecular formula is C8H8F3N3O. The van der Waals surface area contributed by atoms with Gasteiger partial charge in [0.15, 0.2) is 0 Å². The normalized spacial score (nSPS) is 20.6. The van der Waals surface area contributed by atoms with Crippen LogP contribution in [0.2, 0.25) is 0 Å². The fourth-order valence-electron chi connectivity index (χ4n) is 1.44. The summed E-state index contributed by atoms with van der Waals surface area (Å²) in [6.07, 6.45) is -3.66. The zero-order chi connectivity index (χ0) is 11.2. The van der Waals surface area contributed by atoms with E-state index >= 15 is 0 Å². The molecule has 7 heteroatoms. The lowest BCUT2D eigenvalue weighted by molar-refractivity contribution is -0.203. The molecule has 0 aromatic carbocycles. The Morgan fingerprint density at radius 3 is 2.73 bits per heavy atom. The molecule has 82 valence electrons. The highest BCUT2D eigenvalue weighted by Gasteiger charge is 2.35. The number of aliphatic imine (C=N–C) groups is 1. The number of anilines is 1. The van der Waals surface area contributed by atoms with Crippen LogP contribution in [0.15, 0.2) is 17.3 Å². The van der Waals surface area contributed by atoms with Gasteiger partial charge >= 0.3 is 6.30 Å². The summed E-state index contributed by atoms with van der Waals surface area (Å²) in [4.78, 5) is 4.80. The number of hydrogen-bond donors (Lipinski definition) is 1. The summed E-state index contributed by atoms with van der Waals surface area (Å²) in [5, 5.41) is 9.27. The van der Waals surface area contributed by atoms with E-state index in [-0.39, 0.29) is 10.3 Å². The van der Waals surface area contributed by atoms with Crippen molar-refractivity contribution < 1.29 is 18.3 Å². The molecule has 2 rings (SSSR count). The third-order valence-electron chi connectivity index (χ3n) is 2.23. The molecule has 1 atom stereocenters. The first-order valence-corrected chi connectivity index (χ1v) is 4.14. The number of aliphatic hydroxyl groups is 1. The van der Waals surface area contributed by atoms with Crippen LogP contribution in [0.3, 0.4) is 0 Å². The number of halogens is 3. The van der Waals surface area contributed by atoms with E-state index in [1.165, 1.54) is 18.0 Å². The van der Waals surface area contributed by atoms with Crippen molar-refractivity contribution in [2.24, 2.45) is 4.99 Å². The lowest BCUT2D eigenvalue weighted by Gasteiger charge is -2.26. The summed E-state index contributed by atoms with van der Waals surface area (Å²) in [6.45, 7) is 0. The maximum atomic E-state index is 12.5. The highest BCUT2D eigenvalue weighted by molar-refractivity contribution is 5.88. The minimum atomic E-state index is -4.47. The summed E-state index contributed by atoms with van der Waals surface area (Å²) >= 11 is 0. The van der Waals surface area contributed by atoms with Gasteiger partial charge in [0.05, 0.1) is 17.6 Å². The van der Waals surface area contributed by atoms with E-state index in [9.17, 15) is 18.3 Å². The Labute approximate surface area is 83.3 Å². The lowest BCUT2D eigenvalue weighted by atomic mass is 10.3. The molecule has 0 radical (unpaired) electrons. The van der Waals surface area contributed by atoms with Crippen molar-refractivity contribution in [3.63, 3.8) is 0 Å². The molecule has 0 fully saturated rings. The predicted octanol–water partition coefficient (Wildman–Crippen LogP) is 1.11. The van der Waals surface area contributed by atoms with Gasteiger partial charge in [-0.15, -0.1) is 13.2 Å². The van der Waals surface area contributed by atoms with E-state index in [0.717, 1.165) is 12.4 Å². The van der Waals surface area contributed by atoms with Gasteiger partial charge in [0.25, 0.3) is 0 Å². The first-order chi connectivity index (χ1) is 6.91. The molecule has 2 heterocycles. The second-order valence-corrected chi connectivity index (χ2v) is 3.16. The zero-order valence-corrected chi connectivity index (χ0v) is 7.73. The average Bonchev–Trinajstić information content (AvgIpc) is 2.54. The molecule has 1 aliphatic heterocycles. The van der Waals surface area contributed by atoms with E-state index in [1.807, 2.05) is 0 Å². The van der Waals surface area contributed by atoms with Gasteiger partial charge in [-0.1, -0.05) is 0 Å². The standard InChI is InChI=1S/C8H8F3N3O/c1-13-5-2-3-14(8(9,10)11)6(5)4-12-7(13)15/h2-4,7,15H,1H3. The van der Waals surface area contributed by atoms with Gasteiger partial charge in [0.2, 0.25) is 6.35 Å². The van der Waals surface area contributed by atoms with E-state index in [2.05, 4.69) is 4.99 Å². The van der Waals surface area contributed by atoms with Gasteiger partial charge in [-0.25, -0.2) is 4.99 Å². The van der Waals surface area contributed by atoms with Crippen molar-refractivity contribution in [2.75, 3.05) is 11.9 Å². The first-order valence-electron chi connectivity index (χ1n) is 4.14. The molecule has 0 bridgehead atoms. The van der Waals surface area contributed by atoms with E-state index < -0.39 is 12.7 Å². The Hall–Kier alpha value is -1.50. The second-order valence-electron chi connectivity index (χ2n) is 3.16. The minimum absolute atomic E-state index is 0.0738. The van der Waals surface area contributed by atoms with Gasteiger partial charge in [-0.3, -0.25) is 4.57 Å². The molecule has 1 aromatic rings. The monoisotopic (exact) mass is 219 g/mol. The second kappa shape index (κ2) is 2.99. The summed E-state index contributed by atoms with van der Waals surface area (Å²) in [6, 6.07) is 1.29. The van der Waals surface area contributed by atoms with Crippen LogP contribution < -0.4 is 4.90 Å². The van der Waals surface area contributed by atoms with E-state index in [1.54, 1.807) is 0 Å². The van der Waals surface area contributed by atoms with Crippen molar-refractivity contribution in [2.45, 2.75) is 12.7 Å². The number of aliphatic hydroxyl groups excluding tert-OH is 1. The van der Waals surface area contributed by atoms with Crippen molar-refractivity contribution >= 4 is 11.9 Å². The highest BCUT2D eigenvalue weighted by Crippen LogP contribution is 2.31. The Bertz CT molecular complexity index is 410. The van der Waals surface area contributed by atoms with Crippen LogP contribution in [0, 0.1) is 0 Å². The van der Waals surface area contributed by atoms with Crippen LogP contribution in [0.1, 0.15) is 5.69 Å². The average molecular weight is 219 g/mol. The number of rotatable bonds is 0. The van der Waals surface area contributed by atoms with Crippen LogP contribution >= 0.6 is 0 Å². The van der Waals surface area contributed by atoms with E-state index in [0.29, 0.717) is 5.69 Å². The maximum absolute atomic E-state index is 12.5. The molecule has 0 amide bonds. The molecule has 0 spiro atoms. The van der Waals surface area contributed by atoms with Gasteiger partial charge in [-0.05, 0) is 6.07 Å². The first kappa shape index (κ1) is 10.0. The van der Waals surface area contributed by atoms with Crippen LogP contribution in [0.5, 0.6) is 0 Å². The van der Waals surface area contributed by atoms with Crippen molar-refractivity contribution in [3.8, 4) is 0 Å². The SMILES string of the molecule is CN1c2ccn(C(F)(F)F)c2C=NC1O. The smallest absolute Gasteiger partial charge is 0.355 e. The summed E-state index contributed by atoms with van der Waals surface area (Å²) in [5.41, 5.74) is 0.227. The fourth-order valence-corrected chi connectivity index (χ4v) is 1.44. The summed E-state index contributed by atoms with van der Waals surface area (Å²) < 4.78 is 37.5. The molecule has 15 heavy (non-hydrogen) atoms. The Morgan fingerprint density at radius 1 is 1.47 bits per heavy atom. The number of aromatic nitrogens is 1. The maximum Gasteiger partial charge on any atom is 0.489 e. The molecule has 1 aliphatic rings. The van der Waals surface area contributed by atoms with Crippen LogP contribution in [-0.2, 0) is 6.30 Å². The molecule has 1 aromatic heterocycles. The number of nitrogens with zero attached hydrogens (tertiary/aromatic N) is 3. The Kier molecular flexibility index (Phi) is 2.00. The molecule has 4 nitrogen and oxygen atoms in total. The molecule has 0 saturated heterocycles. The molecule has 1 unspecified atom stereocenters. The third-order valence-corrected chi connectivity index (χ3v) is 2.23. The van der Waals surface area contributed by atoms with Gasteiger partial charge < -0.3 is 10.0 Å². The largest absolute Gasteiger partial charge is 0.489 e. The van der Waals surface area contributed by atoms with Crippen LogP contribution in [0.4, 0.5) is 18.9 Å². The predicted molar refractivity (Wildman–Crippen MR) is 47.7 cm³/mol. The quantitative estimate of drug-likeness (QED) is 0.710. The summed E-state index contributed by atoms with van der Waals surface area (Å²) in [7, 11) is 1.47. The number of fused-ring (bicyclic) bond motifs is 1. The molecule has 0 aliphatic carbocycles.